The highest BCUT2D eigenvalue weighted by Crippen LogP contribution is 2.32. The largest absolute Gasteiger partial charge is 0.483 e. The van der Waals surface area contributed by atoms with Crippen molar-refractivity contribution in [3.05, 3.63) is 24.8 Å². The van der Waals surface area contributed by atoms with Gasteiger partial charge in [0, 0.05) is 37.9 Å². The van der Waals surface area contributed by atoms with Crippen LogP contribution in [0.3, 0.4) is 0 Å². The Morgan fingerprint density at radius 2 is 1.92 bits per heavy atom. The van der Waals surface area contributed by atoms with E-state index in [2.05, 4.69) is 32.6 Å². The van der Waals surface area contributed by atoms with Crippen molar-refractivity contribution < 1.29 is 14.6 Å². The molecule has 1 N–H and O–H groups in total. The number of nitrogens with zero attached hydrogens (tertiary/aromatic N) is 4. The van der Waals surface area contributed by atoms with Crippen molar-refractivity contribution in [1.82, 2.24) is 19.5 Å². The van der Waals surface area contributed by atoms with Gasteiger partial charge in [-0.3, -0.25) is 4.79 Å². The predicted molar refractivity (Wildman–Crippen MR) is 96.6 cm³/mol. The smallest absolute Gasteiger partial charge is 0.290 e. The van der Waals surface area contributed by atoms with Crippen molar-refractivity contribution in [2.45, 2.75) is 49.9 Å². The maximum atomic E-state index is 8.36. The number of rotatable bonds is 5. The highest BCUT2D eigenvalue weighted by atomic mass is 32.2. The molecule has 25 heavy (non-hydrogen) atoms. The standard InChI is InChI=1S/C16H22N4OS.CH2O2/c1-3-22-16-18-10-12(11-19-16)15-17-8-9-20(15)13-4-6-14(21-2)7-5-13;2-1-3/h8-11,13-14H,3-7H2,1-2H3;1H,(H,2,3). The van der Waals surface area contributed by atoms with E-state index in [0.717, 1.165) is 48.0 Å². The van der Waals surface area contributed by atoms with Gasteiger partial charge in [-0.1, -0.05) is 18.7 Å². The lowest BCUT2D eigenvalue weighted by molar-refractivity contribution is -0.122. The molecule has 7 nitrogen and oxygen atoms in total. The highest BCUT2D eigenvalue weighted by molar-refractivity contribution is 7.99. The Morgan fingerprint density at radius 1 is 1.28 bits per heavy atom. The van der Waals surface area contributed by atoms with E-state index in [1.54, 1.807) is 18.9 Å². The quantitative estimate of drug-likeness (QED) is 0.494. The minimum Gasteiger partial charge on any atom is -0.483 e. The number of hydrogen-bond donors (Lipinski definition) is 1. The zero-order valence-corrected chi connectivity index (χ0v) is 15.4. The zero-order valence-electron chi connectivity index (χ0n) is 14.5. The molecule has 136 valence electrons. The number of ether oxygens (including phenoxy) is 1. The van der Waals surface area contributed by atoms with Crippen molar-refractivity contribution >= 4 is 18.2 Å². The monoisotopic (exact) mass is 364 g/mol. The summed E-state index contributed by atoms with van der Waals surface area (Å²) in [7, 11) is 1.81. The Morgan fingerprint density at radius 3 is 2.48 bits per heavy atom. The normalized spacial score (nSPS) is 19.8. The van der Waals surface area contributed by atoms with E-state index < -0.39 is 0 Å². The van der Waals surface area contributed by atoms with Crippen molar-refractivity contribution in [1.29, 1.82) is 0 Å². The Labute approximate surface area is 151 Å². The number of aromatic nitrogens is 4. The summed E-state index contributed by atoms with van der Waals surface area (Å²) in [5, 5.41) is 7.71. The molecule has 8 heteroatoms. The first-order valence-electron chi connectivity index (χ1n) is 8.32. The van der Waals surface area contributed by atoms with E-state index in [4.69, 9.17) is 14.6 Å². The molecule has 0 aliphatic heterocycles. The van der Waals surface area contributed by atoms with Gasteiger partial charge in [0.1, 0.15) is 5.82 Å². The van der Waals surface area contributed by atoms with Crippen LogP contribution in [0.25, 0.3) is 11.4 Å². The second kappa shape index (κ2) is 10.1. The maximum absolute atomic E-state index is 8.36. The fourth-order valence-electron chi connectivity index (χ4n) is 3.03. The van der Waals surface area contributed by atoms with E-state index in [9.17, 15) is 0 Å². The van der Waals surface area contributed by atoms with E-state index in [1.807, 2.05) is 18.6 Å². The first kappa shape index (κ1) is 19.4. The molecule has 1 aliphatic rings. The molecule has 1 aliphatic carbocycles. The molecular formula is C17H24N4O3S. The van der Waals surface area contributed by atoms with Crippen LogP contribution in [0.2, 0.25) is 0 Å². The minimum absolute atomic E-state index is 0.250. The van der Waals surface area contributed by atoms with Crippen LogP contribution in [-0.2, 0) is 9.53 Å². The zero-order chi connectivity index (χ0) is 18.1. The minimum atomic E-state index is -0.250. The van der Waals surface area contributed by atoms with Crippen LogP contribution >= 0.6 is 11.8 Å². The summed E-state index contributed by atoms with van der Waals surface area (Å²) in [6.45, 7) is 1.85. The second-order valence-corrected chi connectivity index (χ2v) is 6.85. The summed E-state index contributed by atoms with van der Waals surface area (Å²) in [4.78, 5) is 21.7. The Kier molecular flexibility index (Phi) is 7.87. The van der Waals surface area contributed by atoms with Crippen LogP contribution in [-0.4, -0.2) is 50.1 Å². The second-order valence-electron chi connectivity index (χ2n) is 5.62. The number of methoxy groups -OCH3 is 1. The van der Waals surface area contributed by atoms with Gasteiger partial charge in [0.15, 0.2) is 5.16 Å². The molecule has 0 amide bonds. The third kappa shape index (κ3) is 5.27. The molecule has 2 heterocycles. The number of carbonyl (C=O) groups is 1. The third-order valence-corrected chi connectivity index (χ3v) is 4.96. The topological polar surface area (TPSA) is 90.1 Å². The summed E-state index contributed by atoms with van der Waals surface area (Å²) in [5.41, 5.74) is 0.985. The van der Waals surface area contributed by atoms with Crippen molar-refractivity contribution in [3.63, 3.8) is 0 Å². The van der Waals surface area contributed by atoms with Crippen LogP contribution in [0, 0.1) is 0 Å². The molecule has 1 fully saturated rings. The van der Waals surface area contributed by atoms with Crippen molar-refractivity contribution in [2.75, 3.05) is 12.9 Å². The fraction of sp³-hybridized carbons (Fsp3) is 0.529. The van der Waals surface area contributed by atoms with E-state index >= 15 is 0 Å². The molecule has 2 aromatic heterocycles. The summed E-state index contributed by atoms with van der Waals surface area (Å²) in [5.74, 6) is 1.95. The van der Waals surface area contributed by atoms with Crippen molar-refractivity contribution in [3.8, 4) is 11.4 Å². The van der Waals surface area contributed by atoms with Gasteiger partial charge in [0.2, 0.25) is 0 Å². The van der Waals surface area contributed by atoms with Gasteiger partial charge in [-0.25, -0.2) is 15.0 Å². The van der Waals surface area contributed by atoms with Gasteiger partial charge in [-0.15, -0.1) is 0 Å². The molecule has 0 atom stereocenters. The lowest BCUT2D eigenvalue weighted by Crippen LogP contribution is -2.22. The molecular weight excluding hydrogens is 340 g/mol. The summed E-state index contributed by atoms with van der Waals surface area (Å²) in [6, 6.07) is 0.494. The molecule has 2 aromatic rings. The Hall–Kier alpha value is -1.93. The van der Waals surface area contributed by atoms with E-state index in [1.165, 1.54) is 0 Å². The highest BCUT2D eigenvalue weighted by Gasteiger charge is 2.24. The first-order valence-corrected chi connectivity index (χ1v) is 9.30. The molecule has 3 rings (SSSR count). The number of carboxylic acid groups (broad SMARTS) is 1. The molecule has 0 bridgehead atoms. The summed E-state index contributed by atoms with van der Waals surface area (Å²) >= 11 is 1.65. The average Bonchev–Trinajstić information content (AvgIpc) is 3.13. The SMILES string of the molecule is CCSc1ncc(-c2nccn2C2CCC(OC)CC2)cn1.O=CO. The molecule has 0 unspecified atom stereocenters. The van der Waals surface area contributed by atoms with Gasteiger partial charge >= 0.3 is 0 Å². The van der Waals surface area contributed by atoms with Gasteiger partial charge < -0.3 is 14.4 Å². The Balaban J connectivity index is 0.000000701. The molecule has 0 saturated heterocycles. The van der Waals surface area contributed by atoms with Crippen molar-refractivity contribution in [2.24, 2.45) is 0 Å². The van der Waals surface area contributed by atoms with Crippen LogP contribution in [0.4, 0.5) is 0 Å². The molecule has 0 radical (unpaired) electrons. The van der Waals surface area contributed by atoms with E-state index in [0.29, 0.717) is 12.1 Å². The lowest BCUT2D eigenvalue weighted by atomic mass is 9.92. The maximum Gasteiger partial charge on any atom is 0.290 e. The summed E-state index contributed by atoms with van der Waals surface area (Å²) in [6.07, 6.45) is 12.6. The first-order chi connectivity index (χ1) is 12.2. The van der Waals surface area contributed by atoms with Crippen LogP contribution in [0.5, 0.6) is 0 Å². The van der Waals surface area contributed by atoms with Gasteiger partial charge in [0.05, 0.1) is 11.7 Å². The Bertz CT molecular complexity index is 640. The van der Waals surface area contributed by atoms with Crippen LogP contribution < -0.4 is 0 Å². The third-order valence-electron chi connectivity index (χ3n) is 4.20. The number of hydrogen-bond acceptors (Lipinski definition) is 6. The van der Waals surface area contributed by atoms with Gasteiger partial charge in [-0.2, -0.15) is 0 Å². The van der Waals surface area contributed by atoms with Crippen LogP contribution in [0.1, 0.15) is 38.6 Å². The molecule has 1 saturated carbocycles. The lowest BCUT2D eigenvalue weighted by Gasteiger charge is -2.29. The fourth-order valence-corrected chi connectivity index (χ4v) is 3.54. The number of imidazole rings is 1. The van der Waals surface area contributed by atoms with Gasteiger partial charge in [0.25, 0.3) is 6.47 Å². The predicted octanol–water partition coefficient (Wildman–Crippen LogP) is 3.28. The average molecular weight is 364 g/mol. The van der Waals surface area contributed by atoms with E-state index in [-0.39, 0.29) is 6.47 Å². The van der Waals surface area contributed by atoms with Crippen LogP contribution in [0.15, 0.2) is 29.9 Å². The summed E-state index contributed by atoms with van der Waals surface area (Å²) < 4.78 is 7.74. The number of thioether (sulfide) groups is 1. The van der Waals surface area contributed by atoms with Gasteiger partial charge in [-0.05, 0) is 31.4 Å². The molecule has 0 spiro atoms. The molecule has 0 aromatic carbocycles.